The SMILES string of the molecule is CCCCCCCCCCCCCCCC(=O)OC(Cc1ccccc1)[N+]1(C)CCC=C(c2nsnc2OCCCCCC)C1.[I-]. The molecule has 0 saturated carbocycles. The molecule has 0 spiro atoms. The van der Waals surface area contributed by atoms with Crippen molar-refractivity contribution in [3.63, 3.8) is 0 Å². The number of unbranched alkanes of at least 4 members (excludes halogenated alkanes) is 15. The van der Waals surface area contributed by atoms with Gasteiger partial charge in [0.05, 0.1) is 38.3 Å². The van der Waals surface area contributed by atoms with Crippen LogP contribution in [0.25, 0.3) is 5.57 Å². The molecule has 2 unspecified atom stereocenters. The zero-order valence-electron chi connectivity index (χ0n) is 29.2. The van der Waals surface area contributed by atoms with Crippen molar-refractivity contribution in [3.8, 4) is 5.88 Å². The van der Waals surface area contributed by atoms with E-state index in [0.29, 0.717) is 29.8 Å². The van der Waals surface area contributed by atoms with Crippen molar-refractivity contribution in [2.45, 2.75) is 148 Å². The van der Waals surface area contributed by atoms with Gasteiger partial charge in [0.1, 0.15) is 12.2 Å². The Balaban J connectivity index is 0.00000736. The van der Waals surface area contributed by atoms with Crippen LogP contribution < -0.4 is 28.7 Å². The van der Waals surface area contributed by atoms with Gasteiger partial charge in [0.25, 0.3) is 5.88 Å². The van der Waals surface area contributed by atoms with E-state index in [9.17, 15) is 4.79 Å². The number of rotatable bonds is 25. The number of aromatic nitrogens is 2. The third-order valence-electron chi connectivity index (χ3n) is 9.26. The number of carbonyl (C=O) groups excluding carboxylic acids is 1. The topological polar surface area (TPSA) is 61.3 Å². The van der Waals surface area contributed by atoms with Gasteiger partial charge in [0, 0.05) is 18.4 Å². The van der Waals surface area contributed by atoms with Crippen LogP contribution in [-0.4, -0.2) is 52.2 Å². The first-order valence-corrected chi connectivity index (χ1v) is 19.0. The molecule has 1 aliphatic heterocycles. The number of hydrogen-bond acceptors (Lipinski definition) is 6. The summed E-state index contributed by atoms with van der Waals surface area (Å²) >= 11 is 1.21. The Bertz CT molecular complexity index is 1100. The first-order chi connectivity index (χ1) is 22.1. The Morgan fingerprint density at radius 2 is 1.41 bits per heavy atom. The molecule has 260 valence electrons. The largest absolute Gasteiger partial charge is 1.00 e. The lowest BCUT2D eigenvalue weighted by atomic mass is 10.0. The van der Waals surface area contributed by atoms with Gasteiger partial charge < -0.3 is 33.5 Å². The highest BCUT2D eigenvalue weighted by molar-refractivity contribution is 6.99. The Morgan fingerprint density at radius 1 is 0.826 bits per heavy atom. The molecular formula is C38H62IN3O3S. The van der Waals surface area contributed by atoms with Gasteiger partial charge >= 0.3 is 5.97 Å². The van der Waals surface area contributed by atoms with Crippen molar-refractivity contribution in [1.82, 2.24) is 8.75 Å². The fourth-order valence-corrected chi connectivity index (χ4v) is 6.89. The molecule has 2 aromatic rings. The van der Waals surface area contributed by atoms with Gasteiger partial charge in [-0.25, -0.2) is 0 Å². The number of esters is 1. The van der Waals surface area contributed by atoms with E-state index in [1.165, 1.54) is 107 Å². The Labute approximate surface area is 302 Å². The average Bonchev–Trinajstić information content (AvgIpc) is 3.52. The molecule has 0 amide bonds. The van der Waals surface area contributed by atoms with Crippen LogP contribution in [-0.2, 0) is 16.0 Å². The lowest BCUT2D eigenvalue weighted by Gasteiger charge is -2.42. The minimum Gasteiger partial charge on any atom is -1.00 e. The molecule has 0 radical (unpaired) electrons. The van der Waals surface area contributed by atoms with Crippen LogP contribution in [0.3, 0.4) is 0 Å². The first-order valence-electron chi connectivity index (χ1n) is 18.3. The number of benzene rings is 1. The predicted molar refractivity (Wildman–Crippen MR) is 188 cm³/mol. The summed E-state index contributed by atoms with van der Waals surface area (Å²) in [6.45, 7) is 6.82. The van der Waals surface area contributed by atoms with Crippen LogP contribution in [0.1, 0.15) is 147 Å². The molecule has 1 aromatic heterocycles. The number of hydrogen-bond donors (Lipinski definition) is 0. The molecule has 46 heavy (non-hydrogen) atoms. The lowest BCUT2D eigenvalue weighted by molar-refractivity contribution is -0.946. The van der Waals surface area contributed by atoms with E-state index >= 15 is 0 Å². The van der Waals surface area contributed by atoms with E-state index in [-0.39, 0.29) is 36.2 Å². The van der Waals surface area contributed by atoms with Crippen molar-refractivity contribution >= 4 is 23.3 Å². The number of likely N-dealkylation sites (N-methyl/N-ethyl adjacent to an activating group) is 1. The van der Waals surface area contributed by atoms with E-state index in [0.717, 1.165) is 50.0 Å². The summed E-state index contributed by atoms with van der Waals surface area (Å²) in [5, 5.41) is 0. The van der Waals surface area contributed by atoms with Gasteiger partial charge in [-0.3, -0.25) is 9.28 Å². The van der Waals surface area contributed by atoms with E-state index < -0.39 is 0 Å². The van der Waals surface area contributed by atoms with Gasteiger partial charge in [0.2, 0.25) is 6.23 Å². The van der Waals surface area contributed by atoms with Crippen molar-refractivity contribution in [2.24, 2.45) is 0 Å². The Hall–Kier alpha value is -1.52. The standard InChI is InChI=1S/C38H62N3O3S.HI/c1-4-6-8-10-11-12-13-14-15-16-17-18-22-28-36(42)44-35(31-33-25-20-19-21-26-33)41(3)29-24-27-34(32-41)37-38(40-45-39-37)43-30-23-9-7-5-2;/h19-21,25-27,35H,4-18,22-24,28-32H2,1-3H3;1H/q+1;/p-1. The molecule has 2 atom stereocenters. The van der Waals surface area contributed by atoms with Crippen LogP contribution >= 0.6 is 11.7 Å². The second-order valence-electron chi connectivity index (χ2n) is 13.3. The van der Waals surface area contributed by atoms with Crippen LogP contribution in [0.4, 0.5) is 0 Å². The predicted octanol–water partition coefficient (Wildman–Crippen LogP) is 7.33. The fourth-order valence-electron chi connectivity index (χ4n) is 6.36. The second kappa shape index (κ2) is 24.6. The molecule has 0 bridgehead atoms. The first kappa shape index (κ1) is 40.7. The quantitative estimate of drug-likeness (QED) is 0.0459. The van der Waals surface area contributed by atoms with Crippen LogP contribution in [0.2, 0.25) is 0 Å². The number of ether oxygens (including phenoxy) is 2. The normalized spacial score (nSPS) is 16.8. The molecule has 0 saturated heterocycles. The van der Waals surface area contributed by atoms with E-state index in [4.69, 9.17) is 9.47 Å². The summed E-state index contributed by atoms with van der Waals surface area (Å²) in [5.41, 5.74) is 3.20. The minimum atomic E-state index is -0.254. The zero-order chi connectivity index (χ0) is 32.0. The van der Waals surface area contributed by atoms with Crippen LogP contribution in [0.15, 0.2) is 36.4 Å². The van der Waals surface area contributed by atoms with E-state index in [1.807, 2.05) is 6.07 Å². The number of nitrogens with zero attached hydrogens (tertiary/aromatic N) is 3. The highest BCUT2D eigenvalue weighted by Crippen LogP contribution is 2.33. The Kier molecular flexibility index (Phi) is 21.7. The number of halogens is 1. The molecule has 3 rings (SSSR count). The number of carbonyl (C=O) groups is 1. The smallest absolute Gasteiger partial charge is 0.310 e. The zero-order valence-corrected chi connectivity index (χ0v) is 32.1. The highest BCUT2D eigenvalue weighted by Gasteiger charge is 2.39. The Morgan fingerprint density at radius 3 is 2.04 bits per heavy atom. The van der Waals surface area contributed by atoms with Gasteiger partial charge in [0.15, 0.2) is 0 Å². The second-order valence-corrected chi connectivity index (χ2v) is 13.9. The van der Waals surface area contributed by atoms with Gasteiger partial charge in [-0.1, -0.05) is 147 Å². The van der Waals surface area contributed by atoms with Crippen LogP contribution in [0, 0.1) is 0 Å². The minimum absolute atomic E-state index is 0. The summed E-state index contributed by atoms with van der Waals surface area (Å²) in [6.07, 6.45) is 25.6. The van der Waals surface area contributed by atoms with Crippen molar-refractivity contribution in [1.29, 1.82) is 0 Å². The summed E-state index contributed by atoms with van der Waals surface area (Å²) in [6, 6.07) is 10.4. The van der Waals surface area contributed by atoms with Gasteiger partial charge in [-0.2, -0.15) is 4.37 Å². The molecule has 0 aliphatic carbocycles. The maximum Gasteiger partial charge on any atom is 0.310 e. The molecule has 0 N–H and O–H groups in total. The summed E-state index contributed by atoms with van der Waals surface area (Å²) in [4.78, 5) is 13.2. The molecule has 6 nitrogen and oxygen atoms in total. The summed E-state index contributed by atoms with van der Waals surface area (Å²) in [7, 11) is 2.23. The summed E-state index contributed by atoms with van der Waals surface area (Å²) in [5.74, 6) is 0.580. The van der Waals surface area contributed by atoms with E-state index in [2.05, 4.69) is 60.0 Å². The average molecular weight is 768 g/mol. The third-order valence-corrected chi connectivity index (χ3v) is 9.77. The molecule has 1 aromatic carbocycles. The number of quaternary nitrogens is 1. The molecule has 2 heterocycles. The maximum atomic E-state index is 13.2. The molecular weight excluding hydrogens is 705 g/mol. The highest BCUT2D eigenvalue weighted by atomic mass is 127. The third kappa shape index (κ3) is 15.6. The molecule has 1 aliphatic rings. The fraction of sp³-hybridized carbons (Fsp3) is 0.711. The van der Waals surface area contributed by atoms with Crippen molar-refractivity contribution < 1.29 is 42.7 Å². The van der Waals surface area contributed by atoms with Gasteiger partial charge in [-0.05, 0) is 18.4 Å². The van der Waals surface area contributed by atoms with E-state index in [1.54, 1.807) is 0 Å². The molecule has 8 heteroatoms. The summed E-state index contributed by atoms with van der Waals surface area (Å²) < 4.78 is 22.2. The lowest BCUT2D eigenvalue weighted by Crippen LogP contribution is -3.00. The van der Waals surface area contributed by atoms with Crippen molar-refractivity contribution in [3.05, 3.63) is 47.7 Å². The maximum absolute atomic E-state index is 13.2. The molecule has 0 fully saturated rings. The monoisotopic (exact) mass is 767 g/mol. The van der Waals surface area contributed by atoms with Crippen molar-refractivity contribution in [2.75, 3.05) is 26.7 Å². The van der Waals surface area contributed by atoms with Gasteiger partial charge in [-0.15, -0.1) is 4.37 Å². The van der Waals surface area contributed by atoms with Crippen LogP contribution in [0.5, 0.6) is 5.88 Å².